The second kappa shape index (κ2) is 8.80. The van der Waals surface area contributed by atoms with Crippen LogP contribution in [0.5, 0.6) is 0 Å². The first-order valence-corrected chi connectivity index (χ1v) is 11.8. The molecule has 2 aromatic rings. The molecule has 2 fully saturated rings. The molecule has 2 aliphatic heterocycles. The molecule has 0 bridgehead atoms. The molecule has 2 heterocycles. The van der Waals surface area contributed by atoms with Crippen molar-refractivity contribution >= 4 is 27.1 Å². The van der Waals surface area contributed by atoms with E-state index in [1.165, 1.54) is 28.6 Å². The van der Waals surface area contributed by atoms with Crippen LogP contribution in [-0.2, 0) is 10.0 Å². The molecular formula is C21H25FN4O4S. The zero-order chi connectivity index (χ0) is 22.0. The molecule has 0 atom stereocenters. The summed E-state index contributed by atoms with van der Waals surface area (Å²) in [4.78, 5) is 14.9. The van der Waals surface area contributed by atoms with Gasteiger partial charge in [-0.05, 0) is 37.1 Å². The van der Waals surface area contributed by atoms with Crippen molar-refractivity contribution in [2.45, 2.75) is 24.2 Å². The van der Waals surface area contributed by atoms with E-state index in [0.29, 0.717) is 50.6 Å². The number of anilines is 2. The van der Waals surface area contributed by atoms with Crippen molar-refractivity contribution in [3.63, 3.8) is 0 Å². The van der Waals surface area contributed by atoms with E-state index in [1.807, 2.05) is 9.80 Å². The van der Waals surface area contributed by atoms with Crippen LogP contribution in [0.4, 0.5) is 21.5 Å². The molecule has 2 aliphatic rings. The van der Waals surface area contributed by atoms with Crippen molar-refractivity contribution in [3.8, 4) is 0 Å². The van der Waals surface area contributed by atoms with E-state index in [1.54, 1.807) is 18.2 Å². The zero-order valence-corrected chi connectivity index (χ0v) is 17.9. The zero-order valence-electron chi connectivity index (χ0n) is 17.1. The summed E-state index contributed by atoms with van der Waals surface area (Å²) in [6.07, 6.45) is 2.58. The molecular weight excluding hydrogens is 423 g/mol. The summed E-state index contributed by atoms with van der Waals surface area (Å²) >= 11 is 0. The number of hydrogen-bond acceptors (Lipinski definition) is 6. The van der Waals surface area contributed by atoms with E-state index >= 15 is 0 Å². The average molecular weight is 449 g/mol. The van der Waals surface area contributed by atoms with Crippen LogP contribution in [0.3, 0.4) is 0 Å². The smallest absolute Gasteiger partial charge is 0.293 e. The van der Waals surface area contributed by atoms with E-state index in [4.69, 9.17) is 0 Å². The summed E-state index contributed by atoms with van der Waals surface area (Å²) in [5.41, 5.74) is 0.674. The third-order valence-electron chi connectivity index (χ3n) is 5.91. The van der Waals surface area contributed by atoms with Crippen LogP contribution in [0.15, 0.2) is 47.4 Å². The van der Waals surface area contributed by atoms with Gasteiger partial charge < -0.3 is 9.80 Å². The number of benzene rings is 2. The minimum absolute atomic E-state index is 0.0464. The predicted octanol–water partition coefficient (Wildman–Crippen LogP) is 3.24. The lowest BCUT2D eigenvalue weighted by molar-refractivity contribution is -0.384. The van der Waals surface area contributed by atoms with Gasteiger partial charge in [-0.2, -0.15) is 4.31 Å². The molecule has 2 aromatic carbocycles. The number of hydrogen-bond donors (Lipinski definition) is 0. The van der Waals surface area contributed by atoms with Crippen LogP contribution in [0.2, 0.25) is 0 Å². The maximum atomic E-state index is 14.1. The van der Waals surface area contributed by atoms with E-state index in [-0.39, 0.29) is 16.4 Å². The van der Waals surface area contributed by atoms with E-state index < -0.39 is 14.9 Å². The van der Waals surface area contributed by atoms with Crippen molar-refractivity contribution in [3.05, 3.63) is 58.4 Å². The van der Waals surface area contributed by atoms with Gasteiger partial charge in [-0.15, -0.1) is 0 Å². The van der Waals surface area contributed by atoms with E-state index in [9.17, 15) is 22.9 Å². The van der Waals surface area contributed by atoms with Crippen LogP contribution in [-0.4, -0.2) is 56.9 Å². The highest BCUT2D eigenvalue weighted by Gasteiger charge is 2.30. The molecule has 31 heavy (non-hydrogen) atoms. The minimum Gasteiger partial charge on any atom is -0.366 e. The molecule has 2 saturated heterocycles. The maximum Gasteiger partial charge on any atom is 0.293 e. The molecule has 0 amide bonds. The largest absolute Gasteiger partial charge is 0.366 e. The first-order chi connectivity index (χ1) is 14.9. The number of piperazine rings is 1. The van der Waals surface area contributed by atoms with Crippen molar-refractivity contribution in [1.82, 2.24) is 4.31 Å². The number of halogens is 1. The van der Waals surface area contributed by atoms with Crippen molar-refractivity contribution in [1.29, 1.82) is 0 Å². The lowest BCUT2D eigenvalue weighted by Gasteiger charge is -2.37. The minimum atomic E-state index is -3.75. The molecule has 0 saturated carbocycles. The summed E-state index contributed by atoms with van der Waals surface area (Å²) in [5, 5.41) is 11.8. The highest BCUT2D eigenvalue weighted by molar-refractivity contribution is 7.89. The molecule has 0 radical (unpaired) electrons. The molecule has 8 nitrogen and oxygen atoms in total. The summed E-state index contributed by atoms with van der Waals surface area (Å²) in [5.74, 6) is -0.297. The second-order valence-electron chi connectivity index (χ2n) is 7.80. The van der Waals surface area contributed by atoms with Crippen molar-refractivity contribution < 1.29 is 17.7 Å². The van der Waals surface area contributed by atoms with Gasteiger partial charge in [0, 0.05) is 45.3 Å². The Labute approximate surface area is 181 Å². The third kappa shape index (κ3) is 4.35. The Morgan fingerprint density at radius 3 is 2.06 bits per heavy atom. The normalized spacial score (nSPS) is 18.2. The van der Waals surface area contributed by atoms with Gasteiger partial charge in [0.15, 0.2) is 0 Å². The molecule has 0 unspecified atom stereocenters. The SMILES string of the molecule is O=[N+]([O-])c1cc(S(=O)(=O)N2CCCCC2)ccc1N1CCN(c2ccccc2F)CC1. The number of nitrogens with zero attached hydrogens (tertiary/aromatic N) is 4. The standard InChI is InChI=1S/C21H25FN4O4S/c22-18-6-2-3-7-19(18)23-12-14-24(15-13-23)20-9-8-17(16-21(20)26(27)28)31(29,30)25-10-4-1-5-11-25/h2-3,6-9,16H,1,4-5,10-15H2. The molecule has 166 valence electrons. The first-order valence-electron chi connectivity index (χ1n) is 10.4. The van der Waals surface area contributed by atoms with Crippen LogP contribution >= 0.6 is 0 Å². The fourth-order valence-electron chi connectivity index (χ4n) is 4.23. The van der Waals surface area contributed by atoms with Crippen LogP contribution in [0, 0.1) is 15.9 Å². The number of piperidine rings is 1. The Morgan fingerprint density at radius 1 is 0.839 bits per heavy atom. The molecule has 0 aromatic heterocycles. The number of sulfonamides is 1. The first kappa shape index (κ1) is 21.5. The number of para-hydroxylation sites is 1. The second-order valence-corrected chi connectivity index (χ2v) is 9.74. The molecule has 10 heteroatoms. The molecule has 4 rings (SSSR count). The average Bonchev–Trinajstić information content (AvgIpc) is 2.80. The predicted molar refractivity (Wildman–Crippen MR) is 117 cm³/mol. The van der Waals surface area contributed by atoms with Gasteiger partial charge in [-0.25, -0.2) is 12.8 Å². The monoisotopic (exact) mass is 448 g/mol. The molecule has 0 spiro atoms. The topological polar surface area (TPSA) is 87.0 Å². The highest BCUT2D eigenvalue weighted by atomic mass is 32.2. The van der Waals surface area contributed by atoms with Gasteiger partial charge in [0.05, 0.1) is 15.5 Å². The lowest BCUT2D eigenvalue weighted by atomic mass is 10.2. The summed E-state index contributed by atoms with van der Waals surface area (Å²) in [6, 6.07) is 10.7. The Balaban J connectivity index is 1.55. The van der Waals surface area contributed by atoms with Gasteiger partial charge in [-0.1, -0.05) is 18.6 Å². The van der Waals surface area contributed by atoms with Crippen LogP contribution in [0.25, 0.3) is 0 Å². The summed E-state index contributed by atoms with van der Waals surface area (Å²) < 4.78 is 41.3. The summed E-state index contributed by atoms with van der Waals surface area (Å²) in [7, 11) is -3.75. The number of nitro benzene ring substituents is 1. The fraction of sp³-hybridized carbons (Fsp3) is 0.429. The quantitative estimate of drug-likeness (QED) is 0.516. The van der Waals surface area contributed by atoms with E-state index in [0.717, 1.165) is 19.3 Å². The number of nitro groups is 1. The molecule has 0 N–H and O–H groups in total. The Morgan fingerprint density at radius 2 is 1.45 bits per heavy atom. The molecule has 0 aliphatic carbocycles. The highest BCUT2D eigenvalue weighted by Crippen LogP contribution is 2.33. The Kier molecular flexibility index (Phi) is 6.10. The number of rotatable bonds is 5. The summed E-state index contributed by atoms with van der Waals surface area (Å²) in [6.45, 7) is 2.82. The van der Waals surface area contributed by atoms with Crippen molar-refractivity contribution in [2.24, 2.45) is 0 Å². The lowest BCUT2D eigenvalue weighted by Crippen LogP contribution is -2.47. The van der Waals surface area contributed by atoms with Gasteiger partial charge in [-0.3, -0.25) is 10.1 Å². The van der Waals surface area contributed by atoms with Crippen molar-refractivity contribution in [2.75, 3.05) is 49.1 Å². The van der Waals surface area contributed by atoms with Gasteiger partial charge in [0.2, 0.25) is 10.0 Å². The third-order valence-corrected chi connectivity index (χ3v) is 7.80. The van der Waals surface area contributed by atoms with Gasteiger partial charge in [0.1, 0.15) is 11.5 Å². The maximum absolute atomic E-state index is 14.1. The van der Waals surface area contributed by atoms with Crippen LogP contribution < -0.4 is 9.80 Å². The van der Waals surface area contributed by atoms with E-state index in [2.05, 4.69) is 0 Å². The Bertz CT molecular complexity index is 1060. The fourth-order valence-corrected chi connectivity index (χ4v) is 5.77. The van der Waals surface area contributed by atoms with Crippen LogP contribution in [0.1, 0.15) is 19.3 Å². The Hall–Kier alpha value is -2.72. The van der Waals surface area contributed by atoms with Gasteiger partial charge in [0.25, 0.3) is 5.69 Å². The van der Waals surface area contributed by atoms with Gasteiger partial charge >= 0.3 is 0 Å².